The summed E-state index contributed by atoms with van der Waals surface area (Å²) in [7, 11) is 0. The van der Waals surface area contributed by atoms with E-state index in [9.17, 15) is 9.59 Å². The molecular weight excluding hydrogens is 399 g/mol. The first-order valence-corrected chi connectivity index (χ1v) is 9.08. The number of nitrogen functional groups attached to an aromatic ring is 1. The number of anilines is 1. The van der Waals surface area contributed by atoms with Gasteiger partial charge in [0.1, 0.15) is 11.3 Å². The molecule has 0 fully saturated rings. The minimum absolute atomic E-state index is 0. The fraction of sp³-hybridized carbons (Fsp3) is 0.250. The maximum absolute atomic E-state index is 12.4. The monoisotopic (exact) mass is 420 g/mol. The molecule has 0 aliphatic heterocycles. The summed E-state index contributed by atoms with van der Waals surface area (Å²) >= 11 is 6.36. The van der Waals surface area contributed by atoms with Crippen molar-refractivity contribution in [2.24, 2.45) is 5.73 Å². The van der Waals surface area contributed by atoms with Crippen LogP contribution in [0.3, 0.4) is 0 Å². The summed E-state index contributed by atoms with van der Waals surface area (Å²) in [6.45, 7) is 3.99. The zero-order chi connectivity index (χ0) is 19.7. The first-order valence-electron chi connectivity index (χ1n) is 8.70. The van der Waals surface area contributed by atoms with Gasteiger partial charge in [0.25, 0.3) is 5.91 Å². The number of hydrogen-bond acceptors (Lipinski definition) is 4. The standard InChI is InChI=1S/C20H21ClN4O2.ClH/c1-3-4-17-18(11(2)26)14-7-8-16(19(23)27)24-20(14)25(17)10-12-5-6-13(22)9-15(12)21;/h5-9H,3-4,10,22H2,1-2H3,(H2,23,27);1H. The van der Waals surface area contributed by atoms with E-state index in [0.717, 1.165) is 17.7 Å². The SMILES string of the molecule is CCCc1c(C(C)=O)c2ccc(C(N)=O)nc2n1Cc1ccc(N)cc1Cl.Cl. The summed E-state index contributed by atoms with van der Waals surface area (Å²) < 4.78 is 1.94. The highest BCUT2D eigenvalue weighted by Crippen LogP contribution is 2.30. The van der Waals surface area contributed by atoms with Crippen molar-refractivity contribution < 1.29 is 9.59 Å². The molecule has 0 aliphatic carbocycles. The molecule has 0 spiro atoms. The number of pyridine rings is 1. The number of carbonyl (C=O) groups excluding carboxylic acids is 2. The molecule has 0 radical (unpaired) electrons. The molecule has 8 heteroatoms. The molecule has 0 atom stereocenters. The highest BCUT2D eigenvalue weighted by Gasteiger charge is 2.22. The first-order chi connectivity index (χ1) is 12.8. The second-order valence-electron chi connectivity index (χ2n) is 6.50. The molecule has 2 aromatic heterocycles. The zero-order valence-corrected chi connectivity index (χ0v) is 17.2. The van der Waals surface area contributed by atoms with Crippen LogP contribution in [0.25, 0.3) is 11.0 Å². The van der Waals surface area contributed by atoms with Crippen molar-refractivity contribution in [2.75, 3.05) is 5.73 Å². The van der Waals surface area contributed by atoms with Crippen LogP contribution in [-0.4, -0.2) is 21.2 Å². The van der Waals surface area contributed by atoms with Gasteiger partial charge in [0.15, 0.2) is 5.78 Å². The van der Waals surface area contributed by atoms with Gasteiger partial charge in [-0.1, -0.05) is 31.0 Å². The largest absolute Gasteiger partial charge is 0.399 e. The molecule has 3 aromatic rings. The highest BCUT2D eigenvalue weighted by molar-refractivity contribution is 6.31. The molecule has 28 heavy (non-hydrogen) atoms. The number of Topliss-reactive ketones (excluding diaryl/α,β-unsaturated/α-hetero) is 1. The average Bonchev–Trinajstić information content (AvgIpc) is 2.90. The van der Waals surface area contributed by atoms with Crippen LogP contribution >= 0.6 is 24.0 Å². The van der Waals surface area contributed by atoms with Gasteiger partial charge in [-0.15, -0.1) is 12.4 Å². The second-order valence-corrected chi connectivity index (χ2v) is 6.90. The maximum Gasteiger partial charge on any atom is 0.267 e. The molecule has 0 aliphatic rings. The molecule has 0 saturated carbocycles. The number of rotatable bonds is 6. The predicted octanol–water partition coefficient (Wildman–Crippen LogP) is 4.00. The average molecular weight is 421 g/mol. The Labute approximate surface area is 174 Å². The van der Waals surface area contributed by atoms with E-state index in [0.29, 0.717) is 40.3 Å². The van der Waals surface area contributed by atoms with Crippen LogP contribution in [0.4, 0.5) is 5.69 Å². The molecule has 3 rings (SSSR count). The van der Waals surface area contributed by atoms with Crippen LogP contribution < -0.4 is 11.5 Å². The Morgan fingerprint density at radius 3 is 2.50 bits per heavy atom. The van der Waals surface area contributed by atoms with E-state index in [-0.39, 0.29) is 23.9 Å². The lowest BCUT2D eigenvalue weighted by Crippen LogP contribution is -2.14. The topological polar surface area (TPSA) is 104 Å². The van der Waals surface area contributed by atoms with Crippen LogP contribution in [0.1, 0.15) is 52.4 Å². The Bertz CT molecular complexity index is 1060. The third kappa shape index (κ3) is 3.98. The number of carbonyl (C=O) groups is 2. The summed E-state index contributed by atoms with van der Waals surface area (Å²) in [6, 6.07) is 8.61. The van der Waals surface area contributed by atoms with Gasteiger partial charge in [-0.25, -0.2) is 4.98 Å². The highest BCUT2D eigenvalue weighted by atomic mass is 35.5. The minimum atomic E-state index is -0.614. The van der Waals surface area contributed by atoms with E-state index >= 15 is 0 Å². The van der Waals surface area contributed by atoms with E-state index in [2.05, 4.69) is 4.98 Å². The number of ketones is 1. The van der Waals surface area contributed by atoms with E-state index < -0.39 is 5.91 Å². The summed E-state index contributed by atoms with van der Waals surface area (Å²) in [5.41, 5.74) is 14.8. The Kier molecular flexibility index (Phi) is 6.69. The molecular formula is C20H22Cl2N4O2. The van der Waals surface area contributed by atoms with Crippen LogP contribution in [0, 0.1) is 0 Å². The summed E-state index contributed by atoms with van der Waals surface area (Å²) in [4.78, 5) is 28.4. The summed E-state index contributed by atoms with van der Waals surface area (Å²) in [5, 5.41) is 1.25. The molecule has 1 aromatic carbocycles. The van der Waals surface area contributed by atoms with Crippen LogP contribution in [0.5, 0.6) is 0 Å². The van der Waals surface area contributed by atoms with Crippen LogP contribution in [-0.2, 0) is 13.0 Å². The van der Waals surface area contributed by atoms with Crippen molar-refractivity contribution in [1.82, 2.24) is 9.55 Å². The van der Waals surface area contributed by atoms with E-state index in [1.54, 1.807) is 24.3 Å². The van der Waals surface area contributed by atoms with Crippen LogP contribution in [0.15, 0.2) is 30.3 Å². The number of nitrogens with two attached hydrogens (primary N) is 2. The summed E-state index contributed by atoms with van der Waals surface area (Å²) in [6.07, 6.45) is 1.55. The van der Waals surface area contributed by atoms with Crippen molar-refractivity contribution in [3.63, 3.8) is 0 Å². The number of hydrogen-bond donors (Lipinski definition) is 2. The number of aromatic nitrogens is 2. The van der Waals surface area contributed by atoms with Gasteiger partial charge >= 0.3 is 0 Å². The van der Waals surface area contributed by atoms with Gasteiger partial charge in [0, 0.05) is 27.4 Å². The fourth-order valence-electron chi connectivity index (χ4n) is 3.33. The molecule has 4 N–H and O–H groups in total. The van der Waals surface area contributed by atoms with Gasteiger partial charge in [0.05, 0.1) is 6.54 Å². The van der Waals surface area contributed by atoms with Crippen molar-refractivity contribution in [3.05, 3.63) is 57.9 Å². The minimum Gasteiger partial charge on any atom is -0.399 e. The quantitative estimate of drug-likeness (QED) is 0.464. The van der Waals surface area contributed by atoms with Gasteiger partial charge in [-0.2, -0.15) is 0 Å². The Morgan fingerprint density at radius 1 is 1.21 bits per heavy atom. The number of benzene rings is 1. The smallest absolute Gasteiger partial charge is 0.267 e. The molecule has 0 saturated heterocycles. The molecule has 0 bridgehead atoms. The number of nitrogens with zero attached hydrogens (tertiary/aromatic N) is 2. The van der Waals surface area contributed by atoms with Crippen molar-refractivity contribution >= 4 is 52.4 Å². The van der Waals surface area contributed by atoms with Gasteiger partial charge in [-0.05, 0) is 43.2 Å². The summed E-state index contributed by atoms with van der Waals surface area (Å²) in [5.74, 6) is -0.657. The zero-order valence-electron chi connectivity index (χ0n) is 15.7. The lowest BCUT2D eigenvalue weighted by molar-refractivity contribution is 0.0993. The number of primary amides is 1. The van der Waals surface area contributed by atoms with Crippen LogP contribution in [0.2, 0.25) is 5.02 Å². The van der Waals surface area contributed by atoms with Gasteiger partial charge < -0.3 is 16.0 Å². The number of fused-ring (bicyclic) bond motifs is 1. The number of halogens is 2. The maximum atomic E-state index is 12.4. The Morgan fingerprint density at radius 2 is 1.93 bits per heavy atom. The van der Waals surface area contributed by atoms with Gasteiger partial charge in [-0.3, -0.25) is 9.59 Å². The van der Waals surface area contributed by atoms with E-state index in [1.165, 1.54) is 6.92 Å². The third-order valence-electron chi connectivity index (χ3n) is 4.51. The first kappa shape index (κ1) is 21.7. The molecule has 6 nitrogen and oxygen atoms in total. The van der Waals surface area contributed by atoms with Crippen molar-refractivity contribution in [2.45, 2.75) is 33.2 Å². The van der Waals surface area contributed by atoms with Gasteiger partial charge in [0.2, 0.25) is 0 Å². The second kappa shape index (κ2) is 8.63. The van der Waals surface area contributed by atoms with E-state index in [4.69, 9.17) is 23.1 Å². The van der Waals surface area contributed by atoms with Crippen molar-refractivity contribution in [1.29, 1.82) is 0 Å². The Hall–Kier alpha value is -2.57. The number of amides is 1. The lowest BCUT2D eigenvalue weighted by Gasteiger charge is -2.12. The molecule has 2 heterocycles. The lowest BCUT2D eigenvalue weighted by atomic mass is 10.1. The third-order valence-corrected chi connectivity index (χ3v) is 4.86. The molecule has 148 valence electrons. The normalized spacial score (nSPS) is 10.7. The Balaban J connectivity index is 0.00000280. The van der Waals surface area contributed by atoms with Crippen molar-refractivity contribution in [3.8, 4) is 0 Å². The molecule has 1 amide bonds. The van der Waals surface area contributed by atoms with E-state index in [1.807, 2.05) is 17.6 Å². The molecule has 0 unspecified atom stereocenters. The fourth-order valence-corrected chi connectivity index (χ4v) is 3.58. The predicted molar refractivity (Wildman–Crippen MR) is 114 cm³/mol.